The van der Waals surface area contributed by atoms with Crippen molar-refractivity contribution in [3.05, 3.63) is 22.8 Å². The van der Waals surface area contributed by atoms with E-state index in [0.29, 0.717) is 0 Å². The van der Waals surface area contributed by atoms with E-state index in [9.17, 15) is 0 Å². The zero-order valence-electron chi connectivity index (χ0n) is 8.58. The summed E-state index contributed by atoms with van der Waals surface area (Å²) in [4.78, 5) is 9.02. The number of nitrogens with zero attached hydrogens (tertiary/aromatic N) is 2. The second-order valence-electron chi connectivity index (χ2n) is 3.82. The number of fused-ring (bicyclic) bond motifs is 1. The standard InChI is InChI=1S/C10H15N3S/c1-6(11)3-10-12-7(2)8-4-14-5-9(8)13-10/h6H,3-5,11H2,1-2H3. The van der Waals surface area contributed by atoms with Gasteiger partial charge in [-0.1, -0.05) is 0 Å². The molecule has 1 aromatic heterocycles. The molecule has 3 nitrogen and oxygen atoms in total. The maximum Gasteiger partial charge on any atom is 0.130 e. The lowest BCUT2D eigenvalue weighted by Crippen LogP contribution is -2.20. The van der Waals surface area contributed by atoms with Gasteiger partial charge in [-0.25, -0.2) is 9.97 Å². The van der Waals surface area contributed by atoms with Crippen LogP contribution in [0.25, 0.3) is 0 Å². The number of hydrogen-bond acceptors (Lipinski definition) is 4. The third kappa shape index (κ3) is 1.91. The fourth-order valence-corrected chi connectivity index (χ4v) is 2.77. The molecule has 0 amide bonds. The molecule has 0 aliphatic carbocycles. The molecule has 1 atom stereocenters. The number of rotatable bonds is 2. The molecule has 0 radical (unpaired) electrons. The summed E-state index contributed by atoms with van der Waals surface area (Å²) in [6, 6.07) is 0.140. The summed E-state index contributed by atoms with van der Waals surface area (Å²) in [6.45, 7) is 4.05. The highest BCUT2D eigenvalue weighted by atomic mass is 32.2. The molecule has 4 heteroatoms. The Morgan fingerprint density at radius 3 is 2.93 bits per heavy atom. The first-order valence-corrected chi connectivity index (χ1v) is 6.01. The van der Waals surface area contributed by atoms with Crippen LogP contribution in [-0.4, -0.2) is 16.0 Å². The minimum atomic E-state index is 0.140. The van der Waals surface area contributed by atoms with E-state index in [1.807, 2.05) is 18.7 Å². The van der Waals surface area contributed by atoms with Crippen LogP contribution in [0.15, 0.2) is 0 Å². The number of aryl methyl sites for hydroxylation is 1. The Labute approximate surface area is 88.5 Å². The summed E-state index contributed by atoms with van der Waals surface area (Å²) in [5, 5.41) is 0. The molecule has 1 aromatic rings. The summed E-state index contributed by atoms with van der Waals surface area (Å²) in [6.07, 6.45) is 0.777. The van der Waals surface area contributed by atoms with Crippen LogP contribution in [0.1, 0.15) is 29.7 Å². The van der Waals surface area contributed by atoms with Gasteiger partial charge in [-0.2, -0.15) is 11.8 Å². The Bertz CT molecular complexity index is 349. The second kappa shape index (κ2) is 3.87. The van der Waals surface area contributed by atoms with Gasteiger partial charge in [0.2, 0.25) is 0 Å². The number of nitrogens with two attached hydrogens (primary N) is 1. The molecule has 0 fully saturated rings. The maximum absolute atomic E-state index is 5.73. The van der Waals surface area contributed by atoms with E-state index in [1.165, 1.54) is 11.3 Å². The molecular formula is C10H15N3S. The highest BCUT2D eigenvalue weighted by Crippen LogP contribution is 2.29. The van der Waals surface area contributed by atoms with Gasteiger partial charge >= 0.3 is 0 Å². The van der Waals surface area contributed by atoms with Crippen LogP contribution in [-0.2, 0) is 17.9 Å². The molecule has 2 heterocycles. The number of hydrogen-bond donors (Lipinski definition) is 1. The van der Waals surface area contributed by atoms with Gasteiger partial charge in [0.1, 0.15) is 5.82 Å². The molecule has 76 valence electrons. The average molecular weight is 209 g/mol. The monoisotopic (exact) mass is 209 g/mol. The fraction of sp³-hybridized carbons (Fsp3) is 0.600. The van der Waals surface area contributed by atoms with Crippen LogP contribution in [0.4, 0.5) is 0 Å². The normalized spacial score (nSPS) is 16.8. The Kier molecular flexibility index (Phi) is 2.74. The van der Waals surface area contributed by atoms with E-state index in [4.69, 9.17) is 5.73 Å². The van der Waals surface area contributed by atoms with Crippen molar-refractivity contribution in [2.24, 2.45) is 5.73 Å². The van der Waals surface area contributed by atoms with Crippen molar-refractivity contribution < 1.29 is 0 Å². The SMILES string of the molecule is Cc1nc(CC(C)N)nc2c1CSC2. The smallest absolute Gasteiger partial charge is 0.130 e. The lowest BCUT2D eigenvalue weighted by molar-refractivity contribution is 0.694. The third-order valence-electron chi connectivity index (χ3n) is 2.34. The van der Waals surface area contributed by atoms with Crippen LogP contribution < -0.4 is 5.73 Å². The van der Waals surface area contributed by atoms with Crippen LogP contribution in [0.5, 0.6) is 0 Å². The van der Waals surface area contributed by atoms with Crippen molar-refractivity contribution in [1.29, 1.82) is 0 Å². The lowest BCUT2D eigenvalue weighted by Gasteiger charge is -2.07. The van der Waals surface area contributed by atoms with Gasteiger partial charge in [0.05, 0.1) is 5.69 Å². The van der Waals surface area contributed by atoms with Crippen molar-refractivity contribution in [2.45, 2.75) is 37.8 Å². The maximum atomic E-state index is 5.73. The highest BCUT2D eigenvalue weighted by Gasteiger charge is 2.17. The second-order valence-corrected chi connectivity index (χ2v) is 4.81. The van der Waals surface area contributed by atoms with Gasteiger partial charge in [-0.3, -0.25) is 0 Å². The summed E-state index contributed by atoms with van der Waals surface area (Å²) in [7, 11) is 0. The van der Waals surface area contributed by atoms with Gasteiger partial charge in [0, 0.05) is 35.2 Å². The molecule has 1 unspecified atom stereocenters. The minimum Gasteiger partial charge on any atom is -0.328 e. The summed E-state index contributed by atoms with van der Waals surface area (Å²) in [5.74, 6) is 3.00. The zero-order chi connectivity index (χ0) is 10.1. The molecule has 0 saturated carbocycles. The molecule has 0 saturated heterocycles. The van der Waals surface area contributed by atoms with Crippen molar-refractivity contribution in [3.8, 4) is 0 Å². The van der Waals surface area contributed by atoms with E-state index in [1.54, 1.807) is 0 Å². The van der Waals surface area contributed by atoms with Crippen molar-refractivity contribution in [3.63, 3.8) is 0 Å². The van der Waals surface area contributed by atoms with Gasteiger partial charge in [-0.15, -0.1) is 0 Å². The molecule has 2 N–H and O–H groups in total. The van der Waals surface area contributed by atoms with E-state index in [2.05, 4.69) is 16.9 Å². The molecule has 0 aromatic carbocycles. The molecule has 1 aliphatic heterocycles. The summed E-state index contributed by atoms with van der Waals surface area (Å²) >= 11 is 1.91. The minimum absolute atomic E-state index is 0.140. The lowest BCUT2D eigenvalue weighted by atomic mass is 10.2. The first-order chi connectivity index (χ1) is 6.66. The highest BCUT2D eigenvalue weighted by molar-refractivity contribution is 7.98. The van der Waals surface area contributed by atoms with E-state index >= 15 is 0 Å². The fourth-order valence-electron chi connectivity index (χ4n) is 1.65. The van der Waals surface area contributed by atoms with E-state index in [0.717, 1.165) is 29.4 Å². The van der Waals surface area contributed by atoms with Gasteiger partial charge < -0.3 is 5.73 Å². The molecular weight excluding hydrogens is 194 g/mol. The average Bonchev–Trinajstić information content (AvgIpc) is 2.50. The number of thioether (sulfide) groups is 1. The Hall–Kier alpha value is -0.610. The van der Waals surface area contributed by atoms with E-state index < -0.39 is 0 Å². The first kappa shape index (κ1) is 9.93. The Morgan fingerprint density at radius 2 is 2.21 bits per heavy atom. The van der Waals surface area contributed by atoms with E-state index in [-0.39, 0.29) is 6.04 Å². The van der Waals surface area contributed by atoms with Crippen LogP contribution in [0.3, 0.4) is 0 Å². The Balaban J connectivity index is 2.32. The van der Waals surface area contributed by atoms with Crippen molar-refractivity contribution in [2.75, 3.05) is 0 Å². The molecule has 2 rings (SSSR count). The Morgan fingerprint density at radius 1 is 1.43 bits per heavy atom. The third-order valence-corrected chi connectivity index (χ3v) is 3.31. The molecule has 0 bridgehead atoms. The topological polar surface area (TPSA) is 51.8 Å². The summed E-state index contributed by atoms with van der Waals surface area (Å²) in [5.41, 5.74) is 9.43. The zero-order valence-corrected chi connectivity index (χ0v) is 9.40. The van der Waals surface area contributed by atoms with Crippen LogP contribution in [0, 0.1) is 6.92 Å². The number of aromatic nitrogens is 2. The largest absolute Gasteiger partial charge is 0.328 e. The van der Waals surface area contributed by atoms with Crippen molar-refractivity contribution in [1.82, 2.24) is 9.97 Å². The van der Waals surface area contributed by atoms with Gasteiger partial charge in [-0.05, 0) is 13.8 Å². The van der Waals surface area contributed by atoms with Crippen LogP contribution in [0.2, 0.25) is 0 Å². The van der Waals surface area contributed by atoms with Crippen LogP contribution >= 0.6 is 11.8 Å². The molecule has 1 aliphatic rings. The molecule has 14 heavy (non-hydrogen) atoms. The predicted octanol–water partition coefficient (Wildman–Crippen LogP) is 1.42. The van der Waals surface area contributed by atoms with Crippen molar-refractivity contribution >= 4 is 11.8 Å². The first-order valence-electron chi connectivity index (χ1n) is 4.85. The predicted molar refractivity (Wildman–Crippen MR) is 59.1 cm³/mol. The summed E-state index contributed by atoms with van der Waals surface area (Å²) < 4.78 is 0. The molecule has 0 spiro atoms. The quantitative estimate of drug-likeness (QED) is 0.800. The van der Waals surface area contributed by atoms with Gasteiger partial charge in [0.25, 0.3) is 0 Å². The van der Waals surface area contributed by atoms with Gasteiger partial charge in [0.15, 0.2) is 0 Å².